The van der Waals surface area contributed by atoms with Crippen molar-refractivity contribution >= 4 is 21.8 Å². The van der Waals surface area contributed by atoms with Crippen LogP contribution in [-0.4, -0.2) is 42.2 Å². The molecule has 0 heterocycles. The molecule has 9 heteroatoms. The molecule has 144 valence electrons. The molecule has 0 aliphatic carbocycles. The zero-order valence-electron chi connectivity index (χ0n) is 15.0. The van der Waals surface area contributed by atoms with Crippen LogP contribution in [0.2, 0.25) is 0 Å². The number of benzene rings is 1. The van der Waals surface area contributed by atoms with Crippen molar-refractivity contribution in [3.63, 3.8) is 0 Å². The number of carbonyl (C=O) groups is 1. The minimum absolute atomic E-state index is 0.0125. The van der Waals surface area contributed by atoms with Gasteiger partial charge in [-0.1, -0.05) is 41.9 Å². The predicted molar refractivity (Wildman–Crippen MR) is 95.5 cm³/mol. The summed E-state index contributed by atoms with van der Waals surface area (Å²) in [5.41, 5.74) is 0.0125. The van der Waals surface area contributed by atoms with Crippen LogP contribution in [0.3, 0.4) is 0 Å². The van der Waals surface area contributed by atoms with Crippen molar-refractivity contribution in [2.45, 2.75) is 38.5 Å². The van der Waals surface area contributed by atoms with Crippen LogP contribution < -0.4 is 5.32 Å². The number of carbonyl (C=O) groups excluding carboxylic acids is 1. The van der Waals surface area contributed by atoms with Gasteiger partial charge in [-0.2, -0.15) is 18.4 Å². The monoisotopic (exact) mass is 434 g/mol. The second-order valence-corrected chi connectivity index (χ2v) is 7.28. The number of hydrazine groups is 1. The molecule has 26 heavy (non-hydrogen) atoms. The van der Waals surface area contributed by atoms with E-state index in [-0.39, 0.29) is 17.9 Å². The summed E-state index contributed by atoms with van der Waals surface area (Å²) in [6, 6.07) is 2.67. The Morgan fingerprint density at radius 3 is 2.23 bits per heavy atom. The first-order valence-corrected chi connectivity index (χ1v) is 8.75. The summed E-state index contributed by atoms with van der Waals surface area (Å²) in [7, 11) is 2.71. The lowest BCUT2D eigenvalue weighted by Gasteiger charge is -2.32. The SMILES string of the molecule is CC(C)CC(NC(c1ccc(Br)cc1)C(F)(F)F)C(=O)N(C)N(C)C#N. The molecule has 2 unspecified atom stereocenters. The van der Waals surface area contributed by atoms with E-state index in [1.165, 1.54) is 38.4 Å². The summed E-state index contributed by atoms with van der Waals surface area (Å²) < 4.78 is 41.6. The largest absolute Gasteiger partial charge is 0.407 e. The molecule has 0 fully saturated rings. The van der Waals surface area contributed by atoms with Gasteiger partial charge < -0.3 is 0 Å². The van der Waals surface area contributed by atoms with Gasteiger partial charge in [0.2, 0.25) is 0 Å². The maximum absolute atomic E-state index is 13.6. The number of hydrogen-bond donors (Lipinski definition) is 1. The van der Waals surface area contributed by atoms with Gasteiger partial charge in [0.1, 0.15) is 6.04 Å². The summed E-state index contributed by atoms with van der Waals surface area (Å²) in [5.74, 6) is -0.620. The Balaban J connectivity index is 3.17. The van der Waals surface area contributed by atoms with Gasteiger partial charge in [0.15, 0.2) is 6.19 Å². The molecule has 0 aromatic heterocycles. The zero-order valence-corrected chi connectivity index (χ0v) is 16.6. The minimum atomic E-state index is -4.58. The Morgan fingerprint density at radius 2 is 1.81 bits per heavy atom. The van der Waals surface area contributed by atoms with Crippen LogP contribution in [0.15, 0.2) is 28.7 Å². The van der Waals surface area contributed by atoms with Gasteiger partial charge >= 0.3 is 6.18 Å². The minimum Gasteiger partial charge on any atom is -0.291 e. The van der Waals surface area contributed by atoms with Gasteiger partial charge in [0.25, 0.3) is 5.91 Å². The average Bonchev–Trinajstić information content (AvgIpc) is 2.56. The number of nitrogens with zero attached hydrogens (tertiary/aromatic N) is 3. The first kappa shape index (κ1) is 22.3. The summed E-state index contributed by atoms with van der Waals surface area (Å²) in [6.07, 6.45) is -2.62. The van der Waals surface area contributed by atoms with E-state index in [1.807, 2.05) is 13.8 Å². The summed E-state index contributed by atoms with van der Waals surface area (Å²) in [4.78, 5) is 12.6. The summed E-state index contributed by atoms with van der Waals surface area (Å²) in [5, 5.41) is 13.3. The van der Waals surface area contributed by atoms with Crippen LogP contribution in [0, 0.1) is 17.4 Å². The van der Waals surface area contributed by atoms with Gasteiger partial charge in [0.05, 0.1) is 6.04 Å². The van der Waals surface area contributed by atoms with E-state index >= 15 is 0 Å². The van der Waals surface area contributed by atoms with Crippen LogP contribution >= 0.6 is 15.9 Å². The molecule has 0 spiro atoms. The molecule has 0 aliphatic heterocycles. The van der Waals surface area contributed by atoms with E-state index in [2.05, 4.69) is 21.2 Å². The fourth-order valence-electron chi connectivity index (χ4n) is 2.39. The molecule has 1 aromatic rings. The maximum Gasteiger partial charge on any atom is 0.407 e. The third-order valence-corrected chi connectivity index (χ3v) is 4.35. The van der Waals surface area contributed by atoms with Gasteiger partial charge in [-0.05, 0) is 30.0 Å². The molecule has 1 N–H and O–H groups in total. The summed E-state index contributed by atoms with van der Waals surface area (Å²) >= 11 is 3.20. The van der Waals surface area contributed by atoms with E-state index in [0.717, 1.165) is 10.0 Å². The zero-order chi connectivity index (χ0) is 20.1. The van der Waals surface area contributed by atoms with Crippen molar-refractivity contribution in [1.82, 2.24) is 15.3 Å². The highest BCUT2D eigenvalue weighted by Crippen LogP contribution is 2.34. The second-order valence-electron chi connectivity index (χ2n) is 6.36. The normalized spacial score (nSPS) is 13.8. The highest BCUT2D eigenvalue weighted by molar-refractivity contribution is 9.10. The number of nitrogens with one attached hydrogen (secondary N) is 1. The van der Waals surface area contributed by atoms with E-state index in [1.54, 1.807) is 6.19 Å². The van der Waals surface area contributed by atoms with Gasteiger partial charge in [-0.15, -0.1) is 0 Å². The van der Waals surface area contributed by atoms with Crippen molar-refractivity contribution in [2.24, 2.45) is 5.92 Å². The first-order chi connectivity index (χ1) is 12.0. The first-order valence-electron chi connectivity index (χ1n) is 7.96. The van der Waals surface area contributed by atoms with Crippen LogP contribution in [0.25, 0.3) is 0 Å². The molecule has 0 bridgehead atoms. The van der Waals surface area contributed by atoms with E-state index in [9.17, 15) is 18.0 Å². The van der Waals surface area contributed by atoms with Crippen molar-refractivity contribution in [3.05, 3.63) is 34.3 Å². The highest BCUT2D eigenvalue weighted by atomic mass is 79.9. The Labute approximate surface area is 159 Å². The van der Waals surface area contributed by atoms with E-state index < -0.39 is 24.2 Å². The van der Waals surface area contributed by atoms with Crippen LogP contribution in [0.1, 0.15) is 31.9 Å². The Morgan fingerprint density at radius 1 is 1.27 bits per heavy atom. The Kier molecular flexibility index (Phi) is 7.90. The number of amides is 1. The number of alkyl halides is 3. The predicted octanol–water partition coefficient (Wildman–Crippen LogP) is 3.84. The van der Waals surface area contributed by atoms with E-state index in [4.69, 9.17) is 5.26 Å². The molecule has 1 amide bonds. The molecule has 1 aromatic carbocycles. The van der Waals surface area contributed by atoms with Gasteiger partial charge in [-0.25, -0.2) is 10.0 Å². The van der Waals surface area contributed by atoms with Crippen LogP contribution in [0.5, 0.6) is 0 Å². The lowest BCUT2D eigenvalue weighted by molar-refractivity contribution is -0.164. The number of rotatable bonds is 7. The molecule has 5 nitrogen and oxygen atoms in total. The molecule has 0 radical (unpaired) electrons. The molecule has 2 atom stereocenters. The topological polar surface area (TPSA) is 59.4 Å². The maximum atomic E-state index is 13.6. The second kappa shape index (κ2) is 9.24. The lowest BCUT2D eigenvalue weighted by atomic mass is 9.99. The van der Waals surface area contributed by atoms with Crippen LogP contribution in [0.4, 0.5) is 13.2 Å². The Hall–Kier alpha value is -1.79. The standard InChI is InChI=1S/C17H22BrF3N4O/c1-11(2)9-14(16(26)25(4)24(3)10-22)23-15(17(19,20)21)12-5-7-13(18)8-6-12/h5-8,11,14-15,23H,9H2,1-4H3. The fraction of sp³-hybridized carbons (Fsp3) is 0.529. The van der Waals surface area contributed by atoms with Crippen LogP contribution in [-0.2, 0) is 4.79 Å². The van der Waals surface area contributed by atoms with Gasteiger partial charge in [-0.3, -0.25) is 10.1 Å². The molecule has 1 rings (SSSR count). The lowest BCUT2D eigenvalue weighted by Crippen LogP contribution is -2.52. The fourth-order valence-corrected chi connectivity index (χ4v) is 2.65. The smallest absolute Gasteiger partial charge is 0.291 e. The third kappa shape index (κ3) is 6.18. The molecule has 0 aliphatic rings. The third-order valence-electron chi connectivity index (χ3n) is 3.82. The van der Waals surface area contributed by atoms with E-state index in [0.29, 0.717) is 4.47 Å². The molecule has 0 saturated heterocycles. The number of nitriles is 1. The molecule has 0 saturated carbocycles. The number of hydrogen-bond acceptors (Lipinski definition) is 4. The molecular formula is C17H22BrF3N4O. The Bertz CT molecular complexity index is 643. The highest BCUT2D eigenvalue weighted by Gasteiger charge is 2.43. The quantitative estimate of drug-likeness (QED) is 0.402. The number of likely N-dealkylation sites (N-methyl/N-ethyl adjacent to an activating group) is 1. The molecular weight excluding hydrogens is 413 g/mol. The summed E-state index contributed by atoms with van der Waals surface area (Å²) in [6.45, 7) is 3.64. The van der Waals surface area contributed by atoms with Crippen molar-refractivity contribution < 1.29 is 18.0 Å². The van der Waals surface area contributed by atoms with Crippen molar-refractivity contribution in [3.8, 4) is 6.19 Å². The number of halogens is 4. The average molecular weight is 435 g/mol. The van der Waals surface area contributed by atoms with Crippen molar-refractivity contribution in [1.29, 1.82) is 5.26 Å². The van der Waals surface area contributed by atoms with Gasteiger partial charge in [0, 0.05) is 18.6 Å². The van der Waals surface area contributed by atoms with Crippen molar-refractivity contribution in [2.75, 3.05) is 14.1 Å².